The third kappa shape index (κ3) is 1.55. The number of nitrogens with two attached hydrogens (primary N) is 1. The molecule has 2 N–H and O–H groups in total. The maximum atomic E-state index is 5.93. The summed E-state index contributed by atoms with van der Waals surface area (Å²) in [6, 6.07) is 1.96. The largest absolute Gasteiger partial charge is 0.382 e. The highest BCUT2D eigenvalue weighted by molar-refractivity contribution is 9.11. The summed E-state index contributed by atoms with van der Waals surface area (Å²) in [5.41, 5.74) is 8.54. The Morgan fingerprint density at radius 3 is 3.00 bits per heavy atom. The van der Waals surface area contributed by atoms with Gasteiger partial charge >= 0.3 is 0 Å². The molecule has 0 aliphatic rings. The summed E-state index contributed by atoms with van der Waals surface area (Å²) in [4.78, 5) is 8.78. The first kappa shape index (κ1) is 11.3. The SMILES string of the molecule is Cn1c(CCl)nc2c(N)nc3cc(Br)sc3c21. The Balaban J connectivity index is 2.57. The maximum Gasteiger partial charge on any atom is 0.152 e. The molecule has 0 amide bonds. The number of alkyl halides is 1. The maximum absolute atomic E-state index is 5.93. The van der Waals surface area contributed by atoms with E-state index in [1.807, 2.05) is 17.7 Å². The summed E-state index contributed by atoms with van der Waals surface area (Å²) in [6.45, 7) is 0. The summed E-state index contributed by atoms with van der Waals surface area (Å²) in [7, 11) is 1.94. The molecule has 0 aliphatic heterocycles. The zero-order valence-corrected chi connectivity index (χ0v) is 12.0. The number of aryl methyl sites for hydroxylation is 1. The van der Waals surface area contributed by atoms with Crippen LogP contribution in [-0.2, 0) is 12.9 Å². The number of nitrogen functional groups attached to an aromatic ring is 1. The van der Waals surface area contributed by atoms with Gasteiger partial charge in [0.1, 0.15) is 11.3 Å². The van der Waals surface area contributed by atoms with Crippen molar-refractivity contribution < 1.29 is 0 Å². The average Bonchev–Trinajstić information content (AvgIpc) is 2.79. The summed E-state index contributed by atoms with van der Waals surface area (Å²) >= 11 is 11.0. The lowest BCUT2D eigenvalue weighted by molar-refractivity contribution is 0.876. The molecular weight excluding hydrogens is 324 g/mol. The minimum Gasteiger partial charge on any atom is -0.382 e. The van der Waals surface area contributed by atoms with Gasteiger partial charge in [-0.05, 0) is 22.0 Å². The van der Waals surface area contributed by atoms with E-state index in [1.54, 1.807) is 11.3 Å². The van der Waals surface area contributed by atoms with E-state index < -0.39 is 0 Å². The van der Waals surface area contributed by atoms with Crippen molar-refractivity contribution in [3.63, 3.8) is 0 Å². The molecule has 0 saturated carbocycles. The van der Waals surface area contributed by atoms with Gasteiger partial charge in [0.05, 0.1) is 25.4 Å². The van der Waals surface area contributed by atoms with Crippen molar-refractivity contribution in [3.05, 3.63) is 15.7 Å². The van der Waals surface area contributed by atoms with Gasteiger partial charge in [0.25, 0.3) is 0 Å². The number of hydrogen-bond acceptors (Lipinski definition) is 4. The molecule has 88 valence electrons. The molecule has 3 heterocycles. The Morgan fingerprint density at radius 1 is 1.53 bits per heavy atom. The zero-order chi connectivity index (χ0) is 12.2. The summed E-state index contributed by atoms with van der Waals surface area (Å²) in [5, 5.41) is 0. The summed E-state index contributed by atoms with van der Waals surface area (Å²) in [5.74, 6) is 1.61. The average molecular weight is 332 g/mol. The molecule has 7 heteroatoms. The van der Waals surface area contributed by atoms with Crippen molar-refractivity contribution >= 4 is 65.9 Å². The molecule has 0 atom stereocenters. The molecule has 0 saturated heterocycles. The lowest BCUT2D eigenvalue weighted by Crippen LogP contribution is -1.94. The second-order valence-corrected chi connectivity index (χ2v) is 6.38. The monoisotopic (exact) mass is 330 g/mol. The lowest BCUT2D eigenvalue weighted by atomic mass is 10.3. The number of fused-ring (bicyclic) bond motifs is 3. The predicted molar refractivity (Wildman–Crippen MR) is 75.6 cm³/mol. The third-order valence-electron chi connectivity index (χ3n) is 2.69. The van der Waals surface area contributed by atoms with E-state index in [0.29, 0.717) is 11.7 Å². The van der Waals surface area contributed by atoms with E-state index >= 15 is 0 Å². The molecule has 3 aromatic heterocycles. The van der Waals surface area contributed by atoms with E-state index in [1.165, 1.54) is 0 Å². The molecule has 0 fully saturated rings. The number of pyridine rings is 1. The second kappa shape index (κ2) is 3.83. The topological polar surface area (TPSA) is 56.7 Å². The van der Waals surface area contributed by atoms with Gasteiger partial charge in [0, 0.05) is 7.05 Å². The van der Waals surface area contributed by atoms with E-state index in [9.17, 15) is 0 Å². The van der Waals surface area contributed by atoms with E-state index in [2.05, 4.69) is 25.9 Å². The zero-order valence-electron chi connectivity index (χ0n) is 8.87. The highest BCUT2D eigenvalue weighted by Crippen LogP contribution is 2.36. The Morgan fingerprint density at radius 2 is 2.29 bits per heavy atom. The molecule has 0 aromatic carbocycles. The van der Waals surface area contributed by atoms with Crippen LogP contribution < -0.4 is 5.73 Å². The number of aromatic nitrogens is 3. The molecule has 3 rings (SSSR count). The first-order valence-electron chi connectivity index (χ1n) is 4.87. The Hall–Kier alpha value is -0.850. The first-order chi connectivity index (χ1) is 8.11. The lowest BCUT2D eigenvalue weighted by Gasteiger charge is -2.00. The Kier molecular flexibility index (Phi) is 2.53. The van der Waals surface area contributed by atoms with Gasteiger partial charge in [-0.1, -0.05) is 0 Å². The Labute approximate surface area is 115 Å². The third-order valence-corrected chi connectivity index (χ3v) is 4.56. The van der Waals surface area contributed by atoms with Crippen molar-refractivity contribution in [2.75, 3.05) is 5.73 Å². The fraction of sp³-hybridized carbons (Fsp3) is 0.200. The van der Waals surface area contributed by atoms with Crippen LogP contribution in [0.15, 0.2) is 9.85 Å². The van der Waals surface area contributed by atoms with E-state index in [0.717, 1.165) is 30.9 Å². The van der Waals surface area contributed by atoms with Crippen LogP contribution in [0.2, 0.25) is 0 Å². The number of hydrogen-bond donors (Lipinski definition) is 1. The van der Waals surface area contributed by atoms with Gasteiger partial charge < -0.3 is 10.3 Å². The number of halogens is 2. The van der Waals surface area contributed by atoms with Gasteiger partial charge in [0.2, 0.25) is 0 Å². The quantitative estimate of drug-likeness (QED) is 0.696. The fourth-order valence-corrected chi connectivity index (χ4v) is 3.74. The van der Waals surface area contributed by atoms with Gasteiger partial charge in [-0.25, -0.2) is 9.97 Å². The molecule has 0 radical (unpaired) electrons. The minimum absolute atomic E-state index is 0.360. The smallest absolute Gasteiger partial charge is 0.152 e. The van der Waals surface area contributed by atoms with Crippen LogP contribution in [0.25, 0.3) is 21.3 Å². The van der Waals surface area contributed by atoms with Gasteiger partial charge in [-0.2, -0.15) is 0 Å². The molecule has 0 unspecified atom stereocenters. The fourth-order valence-electron chi connectivity index (χ4n) is 1.89. The summed E-state index contributed by atoms with van der Waals surface area (Å²) < 4.78 is 4.08. The van der Waals surface area contributed by atoms with Gasteiger partial charge in [0.15, 0.2) is 5.82 Å². The van der Waals surface area contributed by atoms with Crippen LogP contribution in [0.5, 0.6) is 0 Å². The molecule has 4 nitrogen and oxygen atoms in total. The van der Waals surface area contributed by atoms with Crippen molar-refractivity contribution in [1.29, 1.82) is 0 Å². The van der Waals surface area contributed by atoms with Crippen LogP contribution in [0.4, 0.5) is 5.82 Å². The predicted octanol–water partition coefficient (Wildman–Crippen LogP) is 3.27. The molecule has 17 heavy (non-hydrogen) atoms. The van der Waals surface area contributed by atoms with E-state index in [-0.39, 0.29) is 0 Å². The van der Waals surface area contributed by atoms with Crippen LogP contribution in [-0.4, -0.2) is 14.5 Å². The van der Waals surface area contributed by atoms with Crippen LogP contribution in [0.3, 0.4) is 0 Å². The van der Waals surface area contributed by atoms with Crippen molar-refractivity contribution in [3.8, 4) is 0 Å². The second-order valence-electron chi connectivity index (χ2n) is 3.68. The number of anilines is 1. The number of rotatable bonds is 1. The molecule has 3 aromatic rings. The number of imidazole rings is 1. The number of thiophene rings is 1. The van der Waals surface area contributed by atoms with Crippen LogP contribution in [0.1, 0.15) is 5.82 Å². The van der Waals surface area contributed by atoms with Crippen molar-refractivity contribution in [2.24, 2.45) is 7.05 Å². The first-order valence-corrected chi connectivity index (χ1v) is 7.02. The molecule has 0 bridgehead atoms. The minimum atomic E-state index is 0.360. The van der Waals surface area contributed by atoms with Crippen LogP contribution >= 0.6 is 38.9 Å². The molecular formula is C10H8BrClN4S. The highest BCUT2D eigenvalue weighted by Gasteiger charge is 2.16. The molecule has 0 aliphatic carbocycles. The standard InChI is InChI=1S/C10H8BrClN4S/c1-16-6(3-12)15-7-8(16)9-4(14-10(7)13)2-5(11)17-9/h2H,3H2,1H3,(H2,13,14). The van der Waals surface area contributed by atoms with Crippen LogP contribution in [0, 0.1) is 0 Å². The molecule has 0 spiro atoms. The highest BCUT2D eigenvalue weighted by atomic mass is 79.9. The van der Waals surface area contributed by atoms with Crippen molar-refractivity contribution in [1.82, 2.24) is 14.5 Å². The Bertz CT molecular complexity index is 733. The van der Waals surface area contributed by atoms with Crippen molar-refractivity contribution in [2.45, 2.75) is 5.88 Å². The van der Waals surface area contributed by atoms with Gasteiger partial charge in [-0.15, -0.1) is 22.9 Å². The van der Waals surface area contributed by atoms with Gasteiger partial charge in [-0.3, -0.25) is 0 Å². The normalized spacial score (nSPS) is 11.7. The summed E-state index contributed by atoms with van der Waals surface area (Å²) in [6.07, 6.45) is 0. The van der Waals surface area contributed by atoms with E-state index in [4.69, 9.17) is 17.3 Å². The number of nitrogens with zero attached hydrogens (tertiary/aromatic N) is 3.